The molecular formula is C16H15Cl3. The molecule has 1 unspecified atom stereocenters. The Morgan fingerprint density at radius 1 is 0.895 bits per heavy atom. The summed E-state index contributed by atoms with van der Waals surface area (Å²) < 4.78 is 0. The fourth-order valence-electron chi connectivity index (χ4n) is 2.13. The molecule has 19 heavy (non-hydrogen) atoms. The van der Waals surface area contributed by atoms with Gasteiger partial charge in [0.05, 0.1) is 0 Å². The molecule has 0 aliphatic rings. The lowest BCUT2D eigenvalue weighted by Gasteiger charge is -2.15. The summed E-state index contributed by atoms with van der Waals surface area (Å²) in [5.41, 5.74) is 2.41. The quantitative estimate of drug-likeness (QED) is 0.627. The van der Waals surface area contributed by atoms with E-state index in [-0.39, 0.29) is 0 Å². The lowest BCUT2D eigenvalue weighted by molar-refractivity contribution is 0.584. The van der Waals surface area contributed by atoms with Crippen molar-refractivity contribution < 1.29 is 0 Å². The van der Waals surface area contributed by atoms with Crippen LogP contribution in [-0.2, 0) is 12.8 Å². The first kappa shape index (κ1) is 14.7. The predicted octanol–water partition coefficient (Wildman–Crippen LogP) is 5.63. The molecule has 0 heterocycles. The molecule has 100 valence electrons. The molecule has 2 aromatic carbocycles. The number of hydrogen-bond acceptors (Lipinski definition) is 0. The van der Waals surface area contributed by atoms with Gasteiger partial charge in [-0.1, -0.05) is 59.6 Å². The number of rotatable bonds is 5. The van der Waals surface area contributed by atoms with E-state index < -0.39 is 0 Å². The van der Waals surface area contributed by atoms with E-state index in [1.807, 2.05) is 18.2 Å². The van der Waals surface area contributed by atoms with Crippen LogP contribution >= 0.6 is 34.8 Å². The monoisotopic (exact) mass is 312 g/mol. The first-order valence-electron chi connectivity index (χ1n) is 6.23. The predicted molar refractivity (Wildman–Crippen MR) is 84.5 cm³/mol. The zero-order chi connectivity index (χ0) is 13.7. The molecule has 0 aromatic heterocycles. The molecule has 0 bridgehead atoms. The summed E-state index contributed by atoms with van der Waals surface area (Å²) in [6.45, 7) is 0. The highest BCUT2D eigenvalue weighted by molar-refractivity contribution is 6.35. The van der Waals surface area contributed by atoms with Gasteiger partial charge >= 0.3 is 0 Å². The maximum Gasteiger partial charge on any atom is 0.0452 e. The van der Waals surface area contributed by atoms with Crippen LogP contribution in [0.4, 0.5) is 0 Å². The van der Waals surface area contributed by atoms with E-state index in [0.717, 1.165) is 23.4 Å². The minimum Gasteiger partial charge on any atom is -0.126 e. The normalized spacial score (nSPS) is 12.4. The maximum absolute atomic E-state index is 6.21. The van der Waals surface area contributed by atoms with E-state index in [1.165, 1.54) is 5.56 Å². The summed E-state index contributed by atoms with van der Waals surface area (Å²) in [7, 11) is 0. The van der Waals surface area contributed by atoms with Gasteiger partial charge in [0.15, 0.2) is 0 Å². The molecule has 0 saturated carbocycles. The summed E-state index contributed by atoms with van der Waals surface area (Å²) in [4.78, 5) is 0. The molecule has 0 nitrogen and oxygen atoms in total. The van der Waals surface area contributed by atoms with Crippen molar-refractivity contribution in [1.29, 1.82) is 0 Å². The van der Waals surface area contributed by atoms with Gasteiger partial charge in [-0.05, 0) is 42.0 Å². The van der Waals surface area contributed by atoms with Crippen molar-refractivity contribution in [3.05, 3.63) is 69.7 Å². The molecule has 0 N–H and O–H groups in total. The van der Waals surface area contributed by atoms with Gasteiger partial charge in [0.25, 0.3) is 0 Å². The van der Waals surface area contributed by atoms with E-state index in [2.05, 4.69) is 24.3 Å². The second kappa shape index (κ2) is 7.19. The van der Waals surface area contributed by atoms with Crippen LogP contribution in [0.25, 0.3) is 0 Å². The fraction of sp³-hybridized carbons (Fsp3) is 0.250. The minimum atomic E-state index is 0.378. The Balaban J connectivity index is 2.06. The molecule has 1 atom stereocenters. The number of benzene rings is 2. The molecule has 2 rings (SSSR count). The Morgan fingerprint density at radius 2 is 1.63 bits per heavy atom. The lowest BCUT2D eigenvalue weighted by atomic mass is 9.94. The van der Waals surface area contributed by atoms with Crippen molar-refractivity contribution in [3.8, 4) is 0 Å². The van der Waals surface area contributed by atoms with Crippen LogP contribution in [0, 0.1) is 5.92 Å². The number of hydrogen-bond donors (Lipinski definition) is 0. The average molecular weight is 314 g/mol. The van der Waals surface area contributed by atoms with Crippen molar-refractivity contribution in [2.75, 3.05) is 5.88 Å². The van der Waals surface area contributed by atoms with E-state index in [9.17, 15) is 0 Å². The zero-order valence-corrected chi connectivity index (χ0v) is 12.7. The number of halogens is 3. The van der Waals surface area contributed by atoms with Gasteiger partial charge in [-0.2, -0.15) is 0 Å². The van der Waals surface area contributed by atoms with Crippen LogP contribution in [0.1, 0.15) is 11.1 Å². The third kappa shape index (κ3) is 4.42. The minimum absolute atomic E-state index is 0.378. The van der Waals surface area contributed by atoms with Crippen LogP contribution in [0.5, 0.6) is 0 Å². The van der Waals surface area contributed by atoms with Crippen molar-refractivity contribution in [1.82, 2.24) is 0 Å². The Morgan fingerprint density at radius 3 is 2.26 bits per heavy atom. The van der Waals surface area contributed by atoms with Gasteiger partial charge in [-0.3, -0.25) is 0 Å². The zero-order valence-electron chi connectivity index (χ0n) is 10.5. The van der Waals surface area contributed by atoms with Gasteiger partial charge in [0.2, 0.25) is 0 Å². The molecule has 0 saturated heterocycles. The van der Waals surface area contributed by atoms with Crippen LogP contribution < -0.4 is 0 Å². The SMILES string of the molecule is ClCC(Cc1ccccc1)Cc1ccc(Cl)cc1Cl. The van der Waals surface area contributed by atoms with Crippen LogP contribution in [0.3, 0.4) is 0 Å². The van der Waals surface area contributed by atoms with Gasteiger partial charge in [-0.15, -0.1) is 11.6 Å². The topological polar surface area (TPSA) is 0 Å². The van der Waals surface area contributed by atoms with Gasteiger partial charge < -0.3 is 0 Å². The smallest absolute Gasteiger partial charge is 0.0452 e. The van der Waals surface area contributed by atoms with E-state index in [1.54, 1.807) is 6.07 Å². The Hall–Kier alpha value is -0.690. The molecule has 0 amide bonds. The summed E-state index contributed by atoms with van der Waals surface area (Å²) in [5, 5.41) is 1.38. The number of alkyl halides is 1. The van der Waals surface area contributed by atoms with Gasteiger partial charge in [-0.25, -0.2) is 0 Å². The second-order valence-electron chi connectivity index (χ2n) is 4.65. The molecule has 0 aliphatic carbocycles. The Labute approximate surface area is 129 Å². The largest absolute Gasteiger partial charge is 0.126 e. The van der Waals surface area contributed by atoms with Crippen molar-refractivity contribution in [2.24, 2.45) is 5.92 Å². The summed E-state index contributed by atoms with van der Waals surface area (Å²) in [6, 6.07) is 16.0. The Bertz CT molecular complexity index is 523. The average Bonchev–Trinajstić information content (AvgIpc) is 2.42. The molecule has 0 aliphatic heterocycles. The third-order valence-corrected chi connectivity index (χ3v) is 4.13. The van der Waals surface area contributed by atoms with E-state index in [4.69, 9.17) is 34.8 Å². The first-order chi connectivity index (χ1) is 9.19. The molecule has 3 heteroatoms. The van der Waals surface area contributed by atoms with Crippen molar-refractivity contribution >= 4 is 34.8 Å². The van der Waals surface area contributed by atoms with E-state index >= 15 is 0 Å². The van der Waals surface area contributed by atoms with E-state index in [0.29, 0.717) is 16.8 Å². The third-order valence-electron chi connectivity index (χ3n) is 3.11. The summed E-state index contributed by atoms with van der Waals surface area (Å²) >= 11 is 18.2. The molecule has 0 fully saturated rings. The van der Waals surface area contributed by atoms with Gasteiger partial charge in [0, 0.05) is 15.9 Å². The second-order valence-corrected chi connectivity index (χ2v) is 5.80. The van der Waals surface area contributed by atoms with Crippen LogP contribution in [0.2, 0.25) is 10.0 Å². The van der Waals surface area contributed by atoms with Gasteiger partial charge in [0.1, 0.15) is 0 Å². The molecule has 2 aromatic rings. The summed E-state index contributed by atoms with van der Waals surface area (Å²) in [6.07, 6.45) is 1.83. The maximum atomic E-state index is 6.21. The standard InChI is InChI=1S/C16H15Cl3/c17-11-13(8-12-4-2-1-3-5-12)9-14-6-7-15(18)10-16(14)19/h1-7,10,13H,8-9,11H2. The molecular weight excluding hydrogens is 299 g/mol. The highest BCUT2D eigenvalue weighted by Crippen LogP contribution is 2.25. The highest BCUT2D eigenvalue weighted by Gasteiger charge is 2.12. The van der Waals surface area contributed by atoms with Crippen molar-refractivity contribution in [2.45, 2.75) is 12.8 Å². The summed E-state index contributed by atoms with van der Waals surface area (Å²) in [5.74, 6) is 0.996. The highest BCUT2D eigenvalue weighted by atomic mass is 35.5. The first-order valence-corrected chi connectivity index (χ1v) is 7.52. The van der Waals surface area contributed by atoms with Crippen molar-refractivity contribution in [3.63, 3.8) is 0 Å². The van der Waals surface area contributed by atoms with Crippen LogP contribution in [0.15, 0.2) is 48.5 Å². The molecule has 0 spiro atoms. The lowest BCUT2D eigenvalue weighted by Crippen LogP contribution is -2.10. The molecule has 0 radical (unpaired) electrons. The Kier molecular flexibility index (Phi) is 5.57. The fourth-order valence-corrected chi connectivity index (χ4v) is 2.83. The van der Waals surface area contributed by atoms with Crippen LogP contribution in [-0.4, -0.2) is 5.88 Å².